The van der Waals surface area contributed by atoms with Crippen molar-refractivity contribution in [2.45, 2.75) is 58.9 Å². The van der Waals surface area contributed by atoms with Crippen molar-refractivity contribution in [1.82, 2.24) is 5.32 Å². The minimum absolute atomic E-state index is 0.0430. The summed E-state index contributed by atoms with van der Waals surface area (Å²) in [5, 5.41) is 12.4. The normalized spacial score (nSPS) is 16.2. The summed E-state index contributed by atoms with van der Waals surface area (Å²) in [6.07, 6.45) is 2.08. The molecule has 5 nitrogen and oxygen atoms in total. The second kappa shape index (κ2) is 7.46. The lowest BCUT2D eigenvalue weighted by atomic mass is 9.66. The number of hydrogen-bond acceptors (Lipinski definition) is 3. The maximum Gasteiger partial charge on any atom is 0.310 e. The molecule has 5 heteroatoms. The maximum absolute atomic E-state index is 12.4. The molecule has 0 atom stereocenters. The second-order valence-corrected chi connectivity index (χ2v) is 8.02. The van der Waals surface area contributed by atoms with Crippen molar-refractivity contribution in [2.24, 2.45) is 11.3 Å². The Hall–Kier alpha value is -2.04. The Balaban J connectivity index is 1.98. The molecule has 1 aromatic carbocycles. The number of aliphatic carboxylic acids is 1. The van der Waals surface area contributed by atoms with E-state index in [1.165, 1.54) is 0 Å². The van der Waals surface area contributed by atoms with E-state index in [1.807, 2.05) is 38.1 Å². The van der Waals surface area contributed by atoms with Crippen LogP contribution in [0, 0.1) is 11.3 Å². The first-order chi connectivity index (χ1) is 11.6. The number of carboxylic acids is 1. The fraction of sp³-hybridized carbons (Fsp3) is 0.600. The van der Waals surface area contributed by atoms with Gasteiger partial charge in [0.25, 0.3) is 0 Å². The zero-order valence-corrected chi connectivity index (χ0v) is 15.6. The summed E-state index contributed by atoms with van der Waals surface area (Å²) >= 11 is 0. The van der Waals surface area contributed by atoms with Crippen LogP contribution in [0.25, 0.3) is 0 Å². The van der Waals surface area contributed by atoms with E-state index in [4.69, 9.17) is 4.74 Å². The first kappa shape index (κ1) is 19.3. The lowest BCUT2D eigenvalue weighted by Crippen LogP contribution is -2.47. The molecule has 1 aromatic rings. The van der Waals surface area contributed by atoms with E-state index in [0.717, 1.165) is 17.7 Å². The zero-order chi connectivity index (χ0) is 18.7. The molecule has 0 saturated heterocycles. The average Bonchev–Trinajstić information content (AvgIpc) is 2.48. The molecule has 0 unspecified atom stereocenters. The third-order valence-electron chi connectivity index (χ3n) is 4.87. The predicted octanol–water partition coefficient (Wildman–Crippen LogP) is 3.72. The molecule has 1 fully saturated rings. The quantitative estimate of drug-likeness (QED) is 0.751. The van der Waals surface area contributed by atoms with E-state index in [9.17, 15) is 14.7 Å². The van der Waals surface area contributed by atoms with Crippen LogP contribution in [0.2, 0.25) is 0 Å². The summed E-state index contributed by atoms with van der Waals surface area (Å²) in [5.74, 6) is 0.188. The molecule has 0 heterocycles. The van der Waals surface area contributed by atoms with Crippen LogP contribution in [0.15, 0.2) is 24.3 Å². The van der Waals surface area contributed by atoms with E-state index in [-0.39, 0.29) is 12.3 Å². The van der Waals surface area contributed by atoms with Crippen LogP contribution in [0.4, 0.5) is 0 Å². The molecule has 2 N–H and O–H groups in total. The molecule has 0 bridgehead atoms. The van der Waals surface area contributed by atoms with Crippen LogP contribution in [0.5, 0.6) is 5.75 Å². The van der Waals surface area contributed by atoms with Crippen LogP contribution in [0.3, 0.4) is 0 Å². The number of nitrogens with one attached hydrogen (secondary N) is 1. The third-order valence-corrected chi connectivity index (χ3v) is 4.87. The molecule has 0 radical (unpaired) electrons. The first-order valence-electron chi connectivity index (χ1n) is 8.92. The van der Waals surface area contributed by atoms with Gasteiger partial charge >= 0.3 is 5.97 Å². The molecule has 0 spiro atoms. The van der Waals surface area contributed by atoms with E-state index in [1.54, 1.807) is 0 Å². The minimum atomic E-state index is -0.866. The first-order valence-corrected chi connectivity index (χ1v) is 8.92. The molecule has 25 heavy (non-hydrogen) atoms. The van der Waals surface area contributed by atoms with Gasteiger partial charge in [0.2, 0.25) is 5.91 Å². The smallest absolute Gasteiger partial charge is 0.310 e. The third kappa shape index (κ3) is 4.74. The largest absolute Gasteiger partial charge is 0.493 e. The lowest BCUT2D eigenvalue weighted by molar-refractivity contribution is -0.157. The van der Waals surface area contributed by atoms with Gasteiger partial charge in [-0.1, -0.05) is 32.4 Å². The lowest BCUT2D eigenvalue weighted by Gasteiger charge is -2.38. The van der Waals surface area contributed by atoms with Crippen LogP contribution < -0.4 is 10.1 Å². The summed E-state index contributed by atoms with van der Waals surface area (Å²) in [5.41, 5.74) is -0.484. The number of rotatable bonds is 8. The Bertz CT molecular complexity index is 615. The highest BCUT2D eigenvalue weighted by Gasteiger charge is 2.46. The number of carbonyl (C=O) groups is 2. The number of ether oxygens (including phenoxy) is 1. The number of carbonyl (C=O) groups excluding carboxylic acids is 1. The van der Waals surface area contributed by atoms with Crippen LogP contribution >= 0.6 is 0 Å². The number of amides is 1. The molecule has 1 saturated carbocycles. The Labute approximate surface area is 149 Å². The summed E-state index contributed by atoms with van der Waals surface area (Å²) in [4.78, 5) is 23.8. The van der Waals surface area contributed by atoms with Crippen LogP contribution in [-0.4, -0.2) is 23.6 Å². The molecule has 0 aliphatic heterocycles. The second-order valence-electron chi connectivity index (χ2n) is 8.02. The standard InChI is InChI=1S/C20H29NO4/c1-14(2)13-25-16-8-6-15(7-9-16)19(3,4)21-17(22)12-20(18(23)24)10-5-11-20/h6-9,14H,5,10-13H2,1-4H3,(H,21,22)(H,23,24). The van der Waals surface area contributed by atoms with Crippen molar-refractivity contribution in [3.05, 3.63) is 29.8 Å². The highest BCUT2D eigenvalue weighted by Crippen LogP contribution is 2.44. The minimum Gasteiger partial charge on any atom is -0.493 e. The van der Waals surface area contributed by atoms with Gasteiger partial charge in [0.05, 0.1) is 17.6 Å². The van der Waals surface area contributed by atoms with Gasteiger partial charge in [0.15, 0.2) is 0 Å². The maximum atomic E-state index is 12.4. The average molecular weight is 347 g/mol. The van der Waals surface area contributed by atoms with E-state index < -0.39 is 16.9 Å². The van der Waals surface area contributed by atoms with Gasteiger partial charge in [-0.05, 0) is 50.3 Å². The molecule has 1 aliphatic carbocycles. The van der Waals surface area contributed by atoms with Gasteiger partial charge in [-0.25, -0.2) is 0 Å². The van der Waals surface area contributed by atoms with Crippen molar-refractivity contribution in [2.75, 3.05) is 6.61 Å². The van der Waals surface area contributed by atoms with Gasteiger partial charge in [-0.15, -0.1) is 0 Å². The summed E-state index contributed by atoms with van der Waals surface area (Å²) in [7, 11) is 0. The topological polar surface area (TPSA) is 75.6 Å². The van der Waals surface area contributed by atoms with E-state index in [0.29, 0.717) is 25.4 Å². The Morgan fingerprint density at radius 2 is 1.84 bits per heavy atom. The zero-order valence-electron chi connectivity index (χ0n) is 15.6. The van der Waals surface area contributed by atoms with Crippen molar-refractivity contribution >= 4 is 11.9 Å². The van der Waals surface area contributed by atoms with Crippen molar-refractivity contribution in [3.8, 4) is 5.75 Å². The highest BCUT2D eigenvalue weighted by molar-refractivity contribution is 5.86. The monoisotopic (exact) mass is 347 g/mol. The van der Waals surface area contributed by atoms with Crippen molar-refractivity contribution < 1.29 is 19.4 Å². The number of hydrogen-bond donors (Lipinski definition) is 2. The molecular formula is C20H29NO4. The molecule has 2 rings (SSSR count). The molecule has 1 aliphatic rings. The fourth-order valence-electron chi connectivity index (χ4n) is 3.07. The van der Waals surface area contributed by atoms with E-state index >= 15 is 0 Å². The highest BCUT2D eigenvalue weighted by atomic mass is 16.5. The van der Waals surface area contributed by atoms with Gasteiger partial charge < -0.3 is 15.2 Å². The predicted molar refractivity (Wildman–Crippen MR) is 96.5 cm³/mol. The van der Waals surface area contributed by atoms with Crippen molar-refractivity contribution in [1.29, 1.82) is 0 Å². The van der Waals surface area contributed by atoms with Crippen molar-refractivity contribution in [3.63, 3.8) is 0 Å². The van der Waals surface area contributed by atoms with Gasteiger partial charge in [-0.2, -0.15) is 0 Å². The van der Waals surface area contributed by atoms with Gasteiger partial charge in [0, 0.05) is 6.42 Å². The number of benzene rings is 1. The Morgan fingerprint density at radius 1 is 1.24 bits per heavy atom. The molecule has 138 valence electrons. The summed E-state index contributed by atoms with van der Waals surface area (Å²) in [6.45, 7) is 8.70. The van der Waals surface area contributed by atoms with Crippen LogP contribution in [-0.2, 0) is 15.1 Å². The summed E-state index contributed by atoms with van der Waals surface area (Å²) in [6, 6.07) is 7.67. The Morgan fingerprint density at radius 3 is 2.28 bits per heavy atom. The Kier molecular flexibility index (Phi) is 5.76. The van der Waals surface area contributed by atoms with Gasteiger partial charge in [0.1, 0.15) is 5.75 Å². The fourth-order valence-corrected chi connectivity index (χ4v) is 3.07. The SMILES string of the molecule is CC(C)COc1ccc(C(C)(C)NC(=O)CC2(C(=O)O)CCC2)cc1. The van der Waals surface area contributed by atoms with E-state index in [2.05, 4.69) is 19.2 Å². The summed E-state index contributed by atoms with van der Waals surface area (Å²) < 4.78 is 5.68. The van der Waals surface area contributed by atoms with Crippen LogP contribution in [0.1, 0.15) is 58.9 Å². The number of carboxylic acid groups (broad SMARTS) is 1. The molecular weight excluding hydrogens is 318 g/mol. The molecule has 1 amide bonds. The van der Waals surface area contributed by atoms with Gasteiger partial charge in [-0.3, -0.25) is 9.59 Å². The molecule has 0 aromatic heterocycles.